The molecule has 0 aliphatic carbocycles. The Morgan fingerprint density at radius 2 is 1.92 bits per heavy atom. The van der Waals surface area contributed by atoms with Crippen LogP contribution < -0.4 is 0 Å². The summed E-state index contributed by atoms with van der Waals surface area (Å²) in [6.07, 6.45) is 3.25. The third-order valence-electron chi connectivity index (χ3n) is 4.60. The molecule has 0 spiro atoms. The smallest absolute Gasteiger partial charge is 0.254 e. The van der Waals surface area contributed by atoms with E-state index in [0.717, 1.165) is 32.6 Å². The van der Waals surface area contributed by atoms with E-state index in [1.807, 2.05) is 0 Å². The monoisotopic (exact) mass is 343 g/mol. The zero-order chi connectivity index (χ0) is 17.2. The van der Waals surface area contributed by atoms with Gasteiger partial charge < -0.3 is 14.1 Å². The van der Waals surface area contributed by atoms with Gasteiger partial charge in [0.05, 0.1) is 6.42 Å². The van der Waals surface area contributed by atoms with Crippen LogP contribution in [0.15, 0.2) is 4.42 Å². The van der Waals surface area contributed by atoms with Gasteiger partial charge in [-0.15, -0.1) is 10.2 Å². The molecule has 6 nitrogen and oxygen atoms in total. The second kappa shape index (κ2) is 7.13. The lowest BCUT2D eigenvalue weighted by molar-refractivity contribution is -0.142. The number of rotatable bonds is 4. The van der Waals surface area contributed by atoms with Crippen molar-refractivity contribution in [1.82, 2.24) is 15.1 Å². The fourth-order valence-electron chi connectivity index (χ4n) is 3.34. The van der Waals surface area contributed by atoms with E-state index in [2.05, 4.69) is 10.2 Å². The van der Waals surface area contributed by atoms with Gasteiger partial charge in [0, 0.05) is 25.7 Å². The van der Waals surface area contributed by atoms with Gasteiger partial charge in [-0.25, -0.2) is 8.78 Å². The van der Waals surface area contributed by atoms with Crippen LogP contribution in [0.3, 0.4) is 0 Å². The molecular weight excluding hydrogens is 320 g/mol. The highest BCUT2D eigenvalue weighted by Gasteiger charge is 2.36. The molecule has 2 saturated heterocycles. The van der Waals surface area contributed by atoms with Crippen molar-refractivity contribution in [2.75, 3.05) is 19.8 Å². The minimum atomic E-state index is -3.01. The maximum absolute atomic E-state index is 13.2. The highest BCUT2D eigenvalue weighted by Crippen LogP contribution is 2.34. The summed E-state index contributed by atoms with van der Waals surface area (Å²) in [7, 11) is 0. The predicted octanol–water partition coefficient (Wildman–Crippen LogP) is 3.06. The molecule has 2 aliphatic rings. The number of ether oxygens (including phenoxy) is 1. The summed E-state index contributed by atoms with van der Waals surface area (Å²) in [6.45, 7) is 2.55. The molecule has 3 rings (SSSR count). The Hall–Kier alpha value is -1.57. The second-order valence-electron chi connectivity index (χ2n) is 6.71. The Labute approximate surface area is 139 Å². The summed E-state index contributed by atoms with van der Waals surface area (Å²) in [6, 6.07) is -0.394. The molecule has 1 aromatic heterocycles. The van der Waals surface area contributed by atoms with E-state index in [1.165, 1.54) is 4.90 Å². The topological polar surface area (TPSA) is 68.5 Å². The van der Waals surface area contributed by atoms with Gasteiger partial charge >= 0.3 is 0 Å². The standard InChI is InChI=1S/C16H23F2N3O3/c1-16(17,18)10-13(22)21-7-3-2-4-12(21)15-20-19-14(24-15)11-5-8-23-9-6-11/h11-12H,2-10H2,1H3. The number of alkyl halides is 2. The summed E-state index contributed by atoms with van der Waals surface area (Å²) in [5.41, 5.74) is 0. The van der Waals surface area contributed by atoms with Gasteiger partial charge in [0.15, 0.2) is 0 Å². The molecule has 0 saturated carbocycles. The zero-order valence-electron chi connectivity index (χ0n) is 13.8. The van der Waals surface area contributed by atoms with E-state index in [4.69, 9.17) is 9.15 Å². The summed E-state index contributed by atoms with van der Waals surface area (Å²) in [5.74, 6) is -2.47. The highest BCUT2D eigenvalue weighted by atomic mass is 19.3. The molecule has 134 valence electrons. The first-order valence-corrected chi connectivity index (χ1v) is 8.52. The van der Waals surface area contributed by atoms with E-state index in [-0.39, 0.29) is 5.92 Å². The van der Waals surface area contributed by atoms with Gasteiger partial charge in [-0.05, 0) is 39.0 Å². The number of hydrogen-bond acceptors (Lipinski definition) is 5. The quantitative estimate of drug-likeness (QED) is 0.840. The third-order valence-corrected chi connectivity index (χ3v) is 4.60. The van der Waals surface area contributed by atoms with Crippen LogP contribution in [0.25, 0.3) is 0 Å². The fourth-order valence-corrected chi connectivity index (χ4v) is 3.34. The Morgan fingerprint density at radius 3 is 2.62 bits per heavy atom. The van der Waals surface area contributed by atoms with E-state index < -0.39 is 24.3 Å². The van der Waals surface area contributed by atoms with Crippen molar-refractivity contribution in [2.45, 2.75) is 63.3 Å². The maximum Gasteiger partial charge on any atom is 0.254 e. The number of nitrogens with zero attached hydrogens (tertiary/aromatic N) is 3. The Bertz CT molecular complexity index is 567. The zero-order valence-corrected chi connectivity index (χ0v) is 13.8. The number of piperidine rings is 1. The van der Waals surface area contributed by atoms with Crippen LogP contribution in [0.1, 0.15) is 69.2 Å². The van der Waals surface area contributed by atoms with Crippen molar-refractivity contribution in [1.29, 1.82) is 0 Å². The highest BCUT2D eigenvalue weighted by molar-refractivity contribution is 5.77. The van der Waals surface area contributed by atoms with Crippen LogP contribution >= 0.6 is 0 Å². The van der Waals surface area contributed by atoms with Crippen LogP contribution in [0.4, 0.5) is 8.78 Å². The number of hydrogen-bond donors (Lipinski definition) is 0. The van der Waals surface area contributed by atoms with Gasteiger partial charge in [-0.1, -0.05) is 0 Å². The molecule has 1 aromatic rings. The average molecular weight is 343 g/mol. The van der Waals surface area contributed by atoms with Crippen molar-refractivity contribution in [2.24, 2.45) is 0 Å². The predicted molar refractivity (Wildman–Crippen MR) is 80.6 cm³/mol. The fraction of sp³-hybridized carbons (Fsp3) is 0.812. The van der Waals surface area contributed by atoms with Crippen molar-refractivity contribution in [3.05, 3.63) is 11.8 Å². The number of aromatic nitrogens is 2. The molecule has 8 heteroatoms. The first kappa shape index (κ1) is 17.3. The van der Waals surface area contributed by atoms with Gasteiger partial charge in [-0.2, -0.15) is 0 Å². The van der Waals surface area contributed by atoms with Crippen LogP contribution in [0.5, 0.6) is 0 Å². The normalized spacial score (nSPS) is 23.5. The molecular formula is C16H23F2N3O3. The number of halogens is 2. The molecule has 3 heterocycles. The minimum absolute atomic E-state index is 0.174. The lowest BCUT2D eigenvalue weighted by Crippen LogP contribution is -2.40. The van der Waals surface area contributed by atoms with Crippen LogP contribution in [-0.4, -0.2) is 46.7 Å². The summed E-state index contributed by atoms with van der Waals surface area (Å²) in [5, 5.41) is 8.23. The summed E-state index contributed by atoms with van der Waals surface area (Å²) >= 11 is 0. The molecule has 1 atom stereocenters. The number of carbonyl (C=O) groups is 1. The second-order valence-corrected chi connectivity index (χ2v) is 6.71. The van der Waals surface area contributed by atoms with Crippen molar-refractivity contribution in [3.63, 3.8) is 0 Å². The van der Waals surface area contributed by atoms with E-state index in [9.17, 15) is 13.6 Å². The minimum Gasteiger partial charge on any atom is -0.423 e. The van der Waals surface area contributed by atoms with Crippen molar-refractivity contribution in [3.8, 4) is 0 Å². The maximum atomic E-state index is 13.2. The van der Waals surface area contributed by atoms with Crippen LogP contribution in [0.2, 0.25) is 0 Å². The largest absolute Gasteiger partial charge is 0.423 e. The Morgan fingerprint density at radius 1 is 1.21 bits per heavy atom. The number of amides is 1. The number of carbonyl (C=O) groups excluding carboxylic acids is 1. The van der Waals surface area contributed by atoms with Crippen LogP contribution in [-0.2, 0) is 9.53 Å². The van der Waals surface area contributed by atoms with Crippen LogP contribution in [0, 0.1) is 0 Å². The molecule has 0 aromatic carbocycles. The van der Waals surface area contributed by atoms with Gasteiger partial charge in [-0.3, -0.25) is 4.79 Å². The van der Waals surface area contributed by atoms with E-state index in [1.54, 1.807) is 0 Å². The summed E-state index contributed by atoms with van der Waals surface area (Å²) in [4.78, 5) is 13.7. The molecule has 24 heavy (non-hydrogen) atoms. The molecule has 2 aliphatic heterocycles. The molecule has 2 fully saturated rings. The van der Waals surface area contributed by atoms with Gasteiger partial charge in [0.25, 0.3) is 5.92 Å². The molecule has 0 bridgehead atoms. The number of likely N-dealkylation sites (tertiary alicyclic amines) is 1. The van der Waals surface area contributed by atoms with Gasteiger partial charge in [0.1, 0.15) is 6.04 Å². The van der Waals surface area contributed by atoms with Crippen molar-refractivity contribution >= 4 is 5.91 Å². The van der Waals surface area contributed by atoms with E-state index in [0.29, 0.717) is 38.0 Å². The molecule has 0 radical (unpaired) electrons. The lowest BCUT2D eigenvalue weighted by Gasteiger charge is -2.34. The first-order valence-electron chi connectivity index (χ1n) is 8.52. The Balaban J connectivity index is 1.73. The SMILES string of the molecule is CC(F)(F)CC(=O)N1CCCCC1c1nnc(C2CCOCC2)o1. The third kappa shape index (κ3) is 4.09. The van der Waals surface area contributed by atoms with Gasteiger partial charge in [0.2, 0.25) is 17.7 Å². The summed E-state index contributed by atoms with van der Waals surface area (Å²) < 4.78 is 37.5. The van der Waals surface area contributed by atoms with Crippen molar-refractivity contribution < 1.29 is 22.7 Å². The Kier molecular flexibility index (Phi) is 5.12. The van der Waals surface area contributed by atoms with E-state index >= 15 is 0 Å². The first-order chi connectivity index (χ1) is 11.4. The molecule has 1 amide bonds. The average Bonchev–Trinajstić information content (AvgIpc) is 3.04. The molecule has 0 N–H and O–H groups in total. The lowest BCUT2D eigenvalue weighted by atomic mass is 10.0. The molecule has 1 unspecified atom stereocenters.